The van der Waals surface area contributed by atoms with Gasteiger partial charge in [0.2, 0.25) is 0 Å². The molecule has 1 fully saturated rings. The van der Waals surface area contributed by atoms with E-state index in [1.54, 1.807) is 0 Å². The predicted molar refractivity (Wildman–Crippen MR) is 58.9 cm³/mol. The normalized spacial score (nSPS) is 17.1. The Morgan fingerprint density at radius 3 is 2.57 bits per heavy atom. The van der Waals surface area contributed by atoms with Crippen LogP contribution in [0.15, 0.2) is 18.2 Å². The summed E-state index contributed by atoms with van der Waals surface area (Å²) in [5, 5.41) is 9.91. The molecule has 1 aliphatic heterocycles. The lowest BCUT2D eigenvalue weighted by Gasteiger charge is -2.29. The molecule has 1 N–H and O–H groups in total. The first kappa shape index (κ1) is 9.38. The molecule has 0 saturated carbocycles. The van der Waals surface area contributed by atoms with Crippen molar-refractivity contribution in [3.8, 4) is 5.75 Å². The molecule has 0 spiro atoms. The van der Waals surface area contributed by atoms with E-state index in [1.807, 2.05) is 25.1 Å². The van der Waals surface area contributed by atoms with Gasteiger partial charge in [-0.25, -0.2) is 0 Å². The average Bonchev–Trinajstić information content (AvgIpc) is 2.23. The van der Waals surface area contributed by atoms with Gasteiger partial charge in [-0.2, -0.15) is 0 Å². The van der Waals surface area contributed by atoms with E-state index in [-0.39, 0.29) is 0 Å². The zero-order valence-electron chi connectivity index (χ0n) is 8.66. The summed E-state index contributed by atoms with van der Waals surface area (Å²) in [4.78, 5) is 2.28. The van der Waals surface area contributed by atoms with Crippen molar-refractivity contribution < 1.29 is 5.11 Å². The van der Waals surface area contributed by atoms with E-state index in [9.17, 15) is 5.11 Å². The first-order valence-corrected chi connectivity index (χ1v) is 5.32. The molecule has 1 aromatic rings. The number of phenolic OH excluding ortho intramolecular Hbond substituents is 1. The van der Waals surface area contributed by atoms with E-state index >= 15 is 0 Å². The Balaban J connectivity index is 2.26. The van der Waals surface area contributed by atoms with Crippen LogP contribution in [0.25, 0.3) is 0 Å². The summed E-state index contributed by atoms with van der Waals surface area (Å²) in [6, 6.07) is 5.97. The van der Waals surface area contributed by atoms with Gasteiger partial charge < -0.3 is 10.0 Å². The number of hydrogen-bond acceptors (Lipinski definition) is 2. The lowest BCUT2D eigenvalue weighted by atomic mass is 10.1. The molecule has 0 amide bonds. The topological polar surface area (TPSA) is 23.5 Å². The molecule has 1 aliphatic rings. The fourth-order valence-corrected chi connectivity index (χ4v) is 2.03. The number of para-hydroxylation sites is 1. The molecule has 0 atom stereocenters. The highest BCUT2D eigenvalue weighted by molar-refractivity contribution is 5.61. The zero-order chi connectivity index (χ0) is 9.97. The Morgan fingerprint density at radius 1 is 1.14 bits per heavy atom. The lowest BCUT2D eigenvalue weighted by molar-refractivity contribution is 0.465. The Labute approximate surface area is 85.2 Å². The Kier molecular flexibility index (Phi) is 2.62. The minimum atomic E-state index is 0.453. The van der Waals surface area contributed by atoms with E-state index < -0.39 is 0 Å². The van der Waals surface area contributed by atoms with Crippen molar-refractivity contribution in [1.29, 1.82) is 0 Å². The highest BCUT2D eigenvalue weighted by Crippen LogP contribution is 2.31. The third-order valence-corrected chi connectivity index (χ3v) is 2.91. The molecular formula is C12H17NO. The quantitative estimate of drug-likeness (QED) is 0.737. The highest BCUT2D eigenvalue weighted by atomic mass is 16.3. The third-order valence-electron chi connectivity index (χ3n) is 2.91. The minimum absolute atomic E-state index is 0.453. The number of nitrogens with zero attached hydrogens (tertiary/aromatic N) is 1. The van der Waals surface area contributed by atoms with Crippen LogP contribution in [-0.2, 0) is 0 Å². The first-order valence-electron chi connectivity index (χ1n) is 5.32. The van der Waals surface area contributed by atoms with E-state index in [0.717, 1.165) is 24.3 Å². The molecule has 0 radical (unpaired) electrons. The Bertz CT molecular complexity index is 316. The molecule has 2 rings (SSSR count). The van der Waals surface area contributed by atoms with Crippen molar-refractivity contribution in [2.24, 2.45) is 0 Å². The maximum atomic E-state index is 9.91. The summed E-state index contributed by atoms with van der Waals surface area (Å²) in [7, 11) is 0. The molecule has 0 unspecified atom stereocenters. The smallest absolute Gasteiger partial charge is 0.141 e. The van der Waals surface area contributed by atoms with E-state index in [0.29, 0.717) is 5.75 Å². The fourth-order valence-electron chi connectivity index (χ4n) is 2.03. The van der Waals surface area contributed by atoms with Gasteiger partial charge in [0.15, 0.2) is 0 Å². The molecule has 14 heavy (non-hydrogen) atoms. The van der Waals surface area contributed by atoms with Crippen LogP contribution >= 0.6 is 0 Å². The van der Waals surface area contributed by atoms with E-state index in [4.69, 9.17) is 0 Å². The summed E-state index contributed by atoms with van der Waals surface area (Å²) >= 11 is 0. The van der Waals surface area contributed by atoms with Crippen LogP contribution in [-0.4, -0.2) is 18.2 Å². The van der Waals surface area contributed by atoms with Gasteiger partial charge in [-0.1, -0.05) is 12.1 Å². The van der Waals surface area contributed by atoms with Crippen molar-refractivity contribution >= 4 is 5.69 Å². The van der Waals surface area contributed by atoms with Crippen molar-refractivity contribution in [3.63, 3.8) is 0 Å². The number of aromatic hydroxyl groups is 1. The van der Waals surface area contributed by atoms with Crippen LogP contribution in [0, 0.1) is 6.92 Å². The first-order chi connectivity index (χ1) is 6.79. The molecule has 76 valence electrons. The number of phenols is 1. The Hall–Kier alpha value is -1.18. The van der Waals surface area contributed by atoms with Crippen LogP contribution in [0.4, 0.5) is 5.69 Å². The second-order valence-corrected chi connectivity index (χ2v) is 3.99. The number of rotatable bonds is 1. The standard InChI is InChI=1S/C12H17NO/c1-10-6-5-7-11(12(10)14)13-8-3-2-4-9-13/h5-7,14H,2-4,8-9H2,1H3. The van der Waals surface area contributed by atoms with Gasteiger partial charge in [-0.3, -0.25) is 0 Å². The zero-order valence-corrected chi connectivity index (χ0v) is 8.66. The van der Waals surface area contributed by atoms with Crippen LogP contribution in [0.2, 0.25) is 0 Å². The van der Waals surface area contributed by atoms with Crippen LogP contribution in [0.5, 0.6) is 5.75 Å². The number of benzene rings is 1. The monoisotopic (exact) mass is 191 g/mol. The number of hydrogen-bond donors (Lipinski definition) is 1. The average molecular weight is 191 g/mol. The fraction of sp³-hybridized carbons (Fsp3) is 0.500. The highest BCUT2D eigenvalue weighted by Gasteiger charge is 2.14. The van der Waals surface area contributed by atoms with Crippen molar-refractivity contribution in [2.75, 3.05) is 18.0 Å². The SMILES string of the molecule is Cc1cccc(N2CCCCC2)c1O. The Morgan fingerprint density at radius 2 is 1.86 bits per heavy atom. The van der Waals surface area contributed by atoms with Crippen molar-refractivity contribution in [1.82, 2.24) is 0 Å². The number of anilines is 1. The van der Waals surface area contributed by atoms with Gasteiger partial charge in [0.1, 0.15) is 5.75 Å². The van der Waals surface area contributed by atoms with Gasteiger partial charge in [-0.05, 0) is 37.8 Å². The summed E-state index contributed by atoms with van der Waals surface area (Å²) in [5.41, 5.74) is 1.97. The second kappa shape index (κ2) is 3.91. The van der Waals surface area contributed by atoms with Gasteiger partial charge in [0.25, 0.3) is 0 Å². The van der Waals surface area contributed by atoms with Crippen LogP contribution < -0.4 is 4.90 Å². The predicted octanol–water partition coefficient (Wildman–Crippen LogP) is 2.69. The van der Waals surface area contributed by atoms with Gasteiger partial charge in [0, 0.05) is 13.1 Å². The molecule has 1 heterocycles. The molecule has 0 aromatic heterocycles. The van der Waals surface area contributed by atoms with Crippen LogP contribution in [0.3, 0.4) is 0 Å². The molecule has 0 aliphatic carbocycles. The van der Waals surface area contributed by atoms with Gasteiger partial charge in [-0.15, -0.1) is 0 Å². The molecular weight excluding hydrogens is 174 g/mol. The third kappa shape index (κ3) is 1.69. The maximum Gasteiger partial charge on any atom is 0.141 e. The van der Waals surface area contributed by atoms with Crippen molar-refractivity contribution in [3.05, 3.63) is 23.8 Å². The van der Waals surface area contributed by atoms with Gasteiger partial charge >= 0.3 is 0 Å². The number of piperidine rings is 1. The number of aryl methyl sites for hydroxylation is 1. The summed E-state index contributed by atoms with van der Waals surface area (Å²) in [5.74, 6) is 0.453. The second-order valence-electron chi connectivity index (χ2n) is 3.99. The van der Waals surface area contributed by atoms with Gasteiger partial charge in [0.05, 0.1) is 5.69 Å². The minimum Gasteiger partial charge on any atom is -0.505 e. The summed E-state index contributed by atoms with van der Waals surface area (Å²) in [6.07, 6.45) is 3.81. The molecule has 1 saturated heterocycles. The van der Waals surface area contributed by atoms with E-state index in [2.05, 4.69) is 4.90 Å². The molecule has 2 heteroatoms. The lowest BCUT2D eigenvalue weighted by Crippen LogP contribution is -2.29. The summed E-state index contributed by atoms with van der Waals surface area (Å²) < 4.78 is 0. The molecule has 2 nitrogen and oxygen atoms in total. The molecule has 0 bridgehead atoms. The summed E-state index contributed by atoms with van der Waals surface area (Å²) in [6.45, 7) is 4.11. The maximum absolute atomic E-state index is 9.91. The van der Waals surface area contributed by atoms with Crippen molar-refractivity contribution in [2.45, 2.75) is 26.2 Å². The largest absolute Gasteiger partial charge is 0.505 e. The molecule has 1 aromatic carbocycles. The van der Waals surface area contributed by atoms with E-state index in [1.165, 1.54) is 19.3 Å². The van der Waals surface area contributed by atoms with Crippen LogP contribution in [0.1, 0.15) is 24.8 Å².